The third-order valence-corrected chi connectivity index (χ3v) is 7.04. The molecule has 1 saturated heterocycles. The number of rotatable bonds is 4. The van der Waals surface area contributed by atoms with E-state index < -0.39 is 5.92 Å². The topological polar surface area (TPSA) is 78.4 Å². The SMILES string of the molecule is CCc1ccc(Oc2cnc3cc(Cl)ccc3n2)cc1C1C(=O)CC2(CCOCC2)CC1=O. The summed E-state index contributed by atoms with van der Waals surface area (Å²) in [6, 6.07) is 10.9. The van der Waals surface area contributed by atoms with E-state index >= 15 is 0 Å². The number of nitrogens with zero attached hydrogens (tertiary/aromatic N) is 2. The van der Waals surface area contributed by atoms with Gasteiger partial charge in [0.2, 0.25) is 5.88 Å². The van der Waals surface area contributed by atoms with E-state index in [-0.39, 0.29) is 17.0 Å². The van der Waals surface area contributed by atoms with Gasteiger partial charge in [0.15, 0.2) is 0 Å². The van der Waals surface area contributed by atoms with Crippen molar-refractivity contribution in [2.24, 2.45) is 5.41 Å². The highest BCUT2D eigenvalue weighted by atomic mass is 35.5. The second kappa shape index (κ2) is 8.84. The zero-order valence-corrected chi connectivity index (χ0v) is 19.2. The molecule has 0 unspecified atom stereocenters. The second-order valence-corrected chi connectivity index (χ2v) is 9.43. The van der Waals surface area contributed by atoms with Gasteiger partial charge in [-0.3, -0.25) is 9.59 Å². The largest absolute Gasteiger partial charge is 0.437 e. The van der Waals surface area contributed by atoms with Gasteiger partial charge in [-0.25, -0.2) is 9.97 Å². The first-order valence-corrected chi connectivity index (χ1v) is 11.7. The van der Waals surface area contributed by atoms with Crippen LogP contribution < -0.4 is 4.74 Å². The average Bonchev–Trinajstić information content (AvgIpc) is 2.79. The number of aromatic nitrogens is 2. The molecule has 5 rings (SSSR count). The van der Waals surface area contributed by atoms with Crippen molar-refractivity contribution < 1.29 is 19.1 Å². The number of fused-ring (bicyclic) bond motifs is 1. The molecule has 0 atom stereocenters. The quantitative estimate of drug-likeness (QED) is 0.478. The van der Waals surface area contributed by atoms with Crippen molar-refractivity contribution in [2.75, 3.05) is 13.2 Å². The molecule has 2 aromatic carbocycles. The van der Waals surface area contributed by atoms with Crippen LogP contribution in [0.2, 0.25) is 5.02 Å². The highest BCUT2D eigenvalue weighted by Crippen LogP contribution is 2.46. The molecule has 170 valence electrons. The van der Waals surface area contributed by atoms with Gasteiger partial charge < -0.3 is 9.47 Å². The lowest BCUT2D eigenvalue weighted by Crippen LogP contribution is -2.42. The molecular formula is C26H25ClN2O4. The second-order valence-electron chi connectivity index (χ2n) is 8.99. The first-order chi connectivity index (χ1) is 16.0. The third kappa shape index (κ3) is 4.37. The van der Waals surface area contributed by atoms with Crippen molar-refractivity contribution in [3.8, 4) is 11.6 Å². The molecule has 1 aliphatic carbocycles. The summed E-state index contributed by atoms with van der Waals surface area (Å²) in [7, 11) is 0. The number of aryl methyl sites for hydroxylation is 1. The maximum absolute atomic E-state index is 13.3. The Hall–Kier alpha value is -2.83. The van der Waals surface area contributed by atoms with E-state index in [1.807, 2.05) is 25.1 Å². The van der Waals surface area contributed by atoms with Gasteiger partial charge in [-0.1, -0.05) is 24.6 Å². The summed E-state index contributed by atoms with van der Waals surface area (Å²) in [6.07, 6.45) is 4.67. The van der Waals surface area contributed by atoms with Crippen LogP contribution in [0.5, 0.6) is 11.6 Å². The summed E-state index contributed by atoms with van der Waals surface area (Å²) in [5, 5.41) is 0.592. The van der Waals surface area contributed by atoms with Gasteiger partial charge in [-0.05, 0) is 66.1 Å². The summed E-state index contributed by atoms with van der Waals surface area (Å²) < 4.78 is 11.4. The van der Waals surface area contributed by atoms with Crippen LogP contribution in [0, 0.1) is 5.41 Å². The van der Waals surface area contributed by atoms with E-state index in [2.05, 4.69) is 9.97 Å². The summed E-state index contributed by atoms with van der Waals surface area (Å²) in [5.41, 5.74) is 2.84. The monoisotopic (exact) mass is 464 g/mol. The van der Waals surface area contributed by atoms with Crippen molar-refractivity contribution in [3.63, 3.8) is 0 Å². The Morgan fingerprint density at radius 1 is 1.06 bits per heavy atom. The molecule has 1 aliphatic heterocycles. The minimum atomic E-state index is -0.734. The molecule has 33 heavy (non-hydrogen) atoms. The first-order valence-electron chi connectivity index (χ1n) is 11.3. The van der Waals surface area contributed by atoms with Crippen LogP contribution in [0.3, 0.4) is 0 Å². The summed E-state index contributed by atoms with van der Waals surface area (Å²) in [4.78, 5) is 35.4. The van der Waals surface area contributed by atoms with Gasteiger partial charge in [-0.15, -0.1) is 0 Å². The fourth-order valence-electron chi connectivity index (χ4n) is 5.05. The standard InChI is InChI=1S/C26H25ClN2O4/c1-2-16-3-5-18(33-24-15-28-21-11-17(27)4-6-20(21)29-24)12-19(16)25-22(30)13-26(14-23(25)31)7-9-32-10-8-26/h3-6,11-12,15,25H,2,7-10,13-14H2,1H3. The number of hydrogen-bond donors (Lipinski definition) is 0. The Bertz CT molecular complexity index is 1220. The van der Waals surface area contributed by atoms with Crippen LogP contribution >= 0.6 is 11.6 Å². The molecule has 2 heterocycles. The predicted octanol–water partition coefficient (Wildman–Crippen LogP) is 5.45. The summed E-state index contributed by atoms with van der Waals surface area (Å²) in [5.74, 6) is 0.130. The Labute approximate surface area is 197 Å². The fraction of sp³-hybridized carbons (Fsp3) is 0.385. The van der Waals surface area contributed by atoms with Gasteiger partial charge in [0.25, 0.3) is 0 Å². The Balaban J connectivity index is 1.43. The van der Waals surface area contributed by atoms with Crippen LogP contribution in [-0.2, 0) is 20.7 Å². The molecule has 1 saturated carbocycles. The van der Waals surface area contributed by atoms with Crippen LogP contribution in [0.15, 0.2) is 42.6 Å². The van der Waals surface area contributed by atoms with E-state index in [0.29, 0.717) is 53.7 Å². The van der Waals surface area contributed by atoms with E-state index in [1.165, 1.54) is 6.20 Å². The van der Waals surface area contributed by atoms with Crippen LogP contribution in [0.4, 0.5) is 0 Å². The Morgan fingerprint density at radius 2 is 1.82 bits per heavy atom. The molecule has 0 N–H and O–H groups in total. The van der Waals surface area contributed by atoms with Gasteiger partial charge >= 0.3 is 0 Å². The number of hydrogen-bond acceptors (Lipinski definition) is 6. The molecule has 2 aliphatic rings. The highest BCUT2D eigenvalue weighted by Gasteiger charge is 2.46. The third-order valence-electron chi connectivity index (χ3n) is 6.81. The number of halogens is 1. The number of carbonyl (C=O) groups is 2. The molecule has 1 aromatic heterocycles. The lowest BCUT2D eigenvalue weighted by molar-refractivity contribution is -0.139. The summed E-state index contributed by atoms with van der Waals surface area (Å²) >= 11 is 6.02. The smallest absolute Gasteiger partial charge is 0.238 e. The van der Waals surface area contributed by atoms with Gasteiger partial charge in [0.1, 0.15) is 23.2 Å². The average molecular weight is 465 g/mol. The number of carbonyl (C=O) groups excluding carboxylic acids is 2. The molecule has 7 heteroatoms. The summed E-state index contributed by atoms with van der Waals surface area (Å²) in [6.45, 7) is 3.26. The van der Waals surface area contributed by atoms with Crippen molar-refractivity contribution in [1.29, 1.82) is 0 Å². The van der Waals surface area contributed by atoms with Gasteiger partial charge in [0, 0.05) is 31.1 Å². The minimum Gasteiger partial charge on any atom is -0.437 e. The number of ketones is 2. The van der Waals surface area contributed by atoms with Crippen molar-refractivity contribution in [1.82, 2.24) is 9.97 Å². The normalized spacial score (nSPS) is 18.7. The van der Waals surface area contributed by atoms with E-state index in [0.717, 1.165) is 30.4 Å². The zero-order chi connectivity index (χ0) is 23.0. The lowest BCUT2D eigenvalue weighted by Gasteiger charge is -2.41. The van der Waals surface area contributed by atoms with Crippen molar-refractivity contribution >= 4 is 34.2 Å². The van der Waals surface area contributed by atoms with Gasteiger partial charge in [0.05, 0.1) is 17.2 Å². The van der Waals surface area contributed by atoms with E-state index in [4.69, 9.17) is 21.1 Å². The van der Waals surface area contributed by atoms with E-state index in [9.17, 15) is 9.59 Å². The van der Waals surface area contributed by atoms with Crippen LogP contribution in [0.1, 0.15) is 49.7 Å². The maximum Gasteiger partial charge on any atom is 0.238 e. The van der Waals surface area contributed by atoms with Crippen LogP contribution in [-0.4, -0.2) is 34.7 Å². The maximum atomic E-state index is 13.3. The molecule has 1 spiro atoms. The molecule has 0 radical (unpaired) electrons. The fourth-order valence-corrected chi connectivity index (χ4v) is 5.22. The van der Waals surface area contributed by atoms with E-state index in [1.54, 1.807) is 18.2 Å². The van der Waals surface area contributed by atoms with Crippen molar-refractivity contribution in [2.45, 2.75) is 44.9 Å². The molecular weight excluding hydrogens is 440 g/mol. The van der Waals surface area contributed by atoms with Gasteiger partial charge in [-0.2, -0.15) is 0 Å². The Morgan fingerprint density at radius 3 is 2.55 bits per heavy atom. The molecule has 2 fully saturated rings. The molecule has 0 bridgehead atoms. The molecule has 3 aromatic rings. The van der Waals surface area contributed by atoms with Crippen LogP contribution in [0.25, 0.3) is 11.0 Å². The molecule has 6 nitrogen and oxygen atoms in total. The highest BCUT2D eigenvalue weighted by molar-refractivity contribution is 6.31. The Kier molecular flexibility index (Phi) is 5.89. The predicted molar refractivity (Wildman–Crippen MR) is 125 cm³/mol. The number of ether oxygens (including phenoxy) is 2. The zero-order valence-electron chi connectivity index (χ0n) is 18.5. The van der Waals surface area contributed by atoms with Crippen molar-refractivity contribution in [3.05, 3.63) is 58.7 Å². The number of benzene rings is 2. The molecule has 0 amide bonds. The minimum absolute atomic E-state index is 0.00220. The number of Topliss-reactive ketones (excluding diaryl/α,β-unsaturated/α-hetero) is 2. The lowest BCUT2D eigenvalue weighted by atomic mass is 9.63. The first kappa shape index (κ1) is 22.0.